The Hall–Kier alpha value is -1.14. The summed E-state index contributed by atoms with van der Waals surface area (Å²) >= 11 is 0. The van der Waals surface area contributed by atoms with E-state index in [1.54, 1.807) is 0 Å². The van der Waals surface area contributed by atoms with E-state index >= 15 is 0 Å². The SMILES string of the molecule is COC(=O)CCCNC(=O)CN1CC(C)OC(C)C1. The molecule has 0 aromatic carbocycles. The predicted molar refractivity (Wildman–Crippen MR) is 70.7 cm³/mol. The van der Waals surface area contributed by atoms with Gasteiger partial charge in [0.2, 0.25) is 5.91 Å². The van der Waals surface area contributed by atoms with E-state index in [1.807, 2.05) is 13.8 Å². The van der Waals surface area contributed by atoms with Crippen molar-refractivity contribution in [3.63, 3.8) is 0 Å². The third-order valence-electron chi connectivity index (χ3n) is 2.97. The Morgan fingerprint density at radius 3 is 2.53 bits per heavy atom. The number of carbonyl (C=O) groups excluding carboxylic acids is 2. The maximum absolute atomic E-state index is 11.7. The number of nitrogens with one attached hydrogen (secondary N) is 1. The Labute approximate surface area is 114 Å². The van der Waals surface area contributed by atoms with E-state index in [-0.39, 0.29) is 24.1 Å². The van der Waals surface area contributed by atoms with Crippen LogP contribution >= 0.6 is 0 Å². The summed E-state index contributed by atoms with van der Waals surface area (Å²) in [6.07, 6.45) is 1.27. The first kappa shape index (κ1) is 15.9. The van der Waals surface area contributed by atoms with E-state index in [4.69, 9.17) is 4.74 Å². The molecule has 1 heterocycles. The fourth-order valence-corrected chi connectivity index (χ4v) is 2.24. The smallest absolute Gasteiger partial charge is 0.305 e. The van der Waals surface area contributed by atoms with Gasteiger partial charge < -0.3 is 14.8 Å². The van der Waals surface area contributed by atoms with Gasteiger partial charge in [-0.15, -0.1) is 0 Å². The molecule has 0 aliphatic carbocycles. The van der Waals surface area contributed by atoms with Crippen molar-refractivity contribution in [3.05, 3.63) is 0 Å². The van der Waals surface area contributed by atoms with Gasteiger partial charge >= 0.3 is 5.97 Å². The summed E-state index contributed by atoms with van der Waals surface area (Å²) in [4.78, 5) is 24.7. The molecule has 2 atom stereocenters. The number of esters is 1. The molecule has 1 fully saturated rings. The lowest BCUT2D eigenvalue weighted by Crippen LogP contribution is -2.49. The van der Waals surface area contributed by atoms with Gasteiger partial charge in [-0.05, 0) is 20.3 Å². The van der Waals surface area contributed by atoms with Gasteiger partial charge in [0.15, 0.2) is 0 Å². The van der Waals surface area contributed by atoms with E-state index in [0.717, 1.165) is 13.1 Å². The lowest BCUT2D eigenvalue weighted by atomic mass is 10.2. The molecule has 0 spiro atoms. The van der Waals surface area contributed by atoms with Crippen molar-refractivity contribution in [1.29, 1.82) is 0 Å². The first-order valence-electron chi connectivity index (χ1n) is 6.72. The first-order valence-corrected chi connectivity index (χ1v) is 6.72. The number of carbonyl (C=O) groups is 2. The Bertz CT molecular complexity index is 299. The van der Waals surface area contributed by atoms with E-state index in [0.29, 0.717) is 25.9 Å². The summed E-state index contributed by atoms with van der Waals surface area (Å²) in [6, 6.07) is 0. The summed E-state index contributed by atoms with van der Waals surface area (Å²) in [5, 5.41) is 2.81. The molecule has 0 radical (unpaired) electrons. The molecule has 0 aromatic rings. The van der Waals surface area contributed by atoms with Crippen LogP contribution < -0.4 is 5.32 Å². The largest absolute Gasteiger partial charge is 0.469 e. The third kappa shape index (κ3) is 6.54. The molecule has 1 aliphatic rings. The molecule has 1 amide bonds. The van der Waals surface area contributed by atoms with Crippen molar-refractivity contribution in [1.82, 2.24) is 10.2 Å². The van der Waals surface area contributed by atoms with Crippen LogP contribution in [0.5, 0.6) is 0 Å². The number of morpholine rings is 1. The maximum Gasteiger partial charge on any atom is 0.305 e. The second-order valence-corrected chi connectivity index (χ2v) is 4.98. The van der Waals surface area contributed by atoms with Crippen LogP contribution in [0.1, 0.15) is 26.7 Å². The number of amides is 1. The second-order valence-electron chi connectivity index (χ2n) is 4.98. The van der Waals surface area contributed by atoms with Crippen LogP contribution in [0.25, 0.3) is 0 Å². The van der Waals surface area contributed by atoms with E-state index in [1.165, 1.54) is 7.11 Å². The zero-order valence-electron chi connectivity index (χ0n) is 12.0. The fourth-order valence-electron chi connectivity index (χ4n) is 2.24. The van der Waals surface area contributed by atoms with Gasteiger partial charge in [0, 0.05) is 26.1 Å². The molecule has 1 N–H and O–H groups in total. The van der Waals surface area contributed by atoms with Gasteiger partial charge in [-0.3, -0.25) is 14.5 Å². The van der Waals surface area contributed by atoms with Crippen LogP contribution in [0.15, 0.2) is 0 Å². The van der Waals surface area contributed by atoms with Gasteiger partial charge in [0.25, 0.3) is 0 Å². The Morgan fingerprint density at radius 1 is 1.32 bits per heavy atom. The van der Waals surface area contributed by atoms with Crippen LogP contribution in [0.2, 0.25) is 0 Å². The molecule has 0 bridgehead atoms. The highest BCUT2D eigenvalue weighted by molar-refractivity contribution is 5.78. The molecule has 1 rings (SSSR count). The van der Waals surface area contributed by atoms with Crippen molar-refractivity contribution in [2.24, 2.45) is 0 Å². The highest BCUT2D eigenvalue weighted by atomic mass is 16.5. The standard InChI is InChI=1S/C13H24N2O4/c1-10-7-15(8-11(2)19-10)9-12(16)14-6-4-5-13(17)18-3/h10-11H,4-9H2,1-3H3,(H,14,16). The molecular formula is C13H24N2O4. The fraction of sp³-hybridized carbons (Fsp3) is 0.846. The van der Waals surface area contributed by atoms with Crippen molar-refractivity contribution in [3.8, 4) is 0 Å². The van der Waals surface area contributed by atoms with Gasteiger partial charge in [0.1, 0.15) is 0 Å². The van der Waals surface area contributed by atoms with Crippen LogP contribution in [-0.2, 0) is 19.1 Å². The van der Waals surface area contributed by atoms with Crippen LogP contribution in [0, 0.1) is 0 Å². The lowest BCUT2D eigenvalue weighted by Gasteiger charge is -2.34. The Morgan fingerprint density at radius 2 is 1.95 bits per heavy atom. The molecular weight excluding hydrogens is 248 g/mol. The monoisotopic (exact) mass is 272 g/mol. The summed E-state index contributed by atoms with van der Waals surface area (Å²) < 4.78 is 10.1. The number of methoxy groups -OCH3 is 1. The highest BCUT2D eigenvalue weighted by Gasteiger charge is 2.23. The summed E-state index contributed by atoms with van der Waals surface area (Å²) in [7, 11) is 1.36. The topological polar surface area (TPSA) is 67.9 Å². The minimum atomic E-state index is -0.245. The van der Waals surface area contributed by atoms with E-state index in [2.05, 4.69) is 15.0 Å². The molecule has 0 aromatic heterocycles. The number of ether oxygens (including phenoxy) is 2. The molecule has 2 unspecified atom stereocenters. The normalized spacial score (nSPS) is 23.9. The Kier molecular flexibility index (Phi) is 6.80. The number of nitrogens with zero attached hydrogens (tertiary/aromatic N) is 1. The number of hydrogen-bond acceptors (Lipinski definition) is 5. The summed E-state index contributed by atoms with van der Waals surface area (Å²) in [5.41, 5.74) is 0. The maximum atomic E-state index is 11.7. The molecule has 110 valence electrons. The summed E-state index contributed by atoms with van der Waals surface area (Å²) in [5.74, 6) is -0.253. The average Bonchev–Trinajstić information content (AvgIpc) is 2.33. The second kappa shape index (κ2) is 8.12. The van der Waals surface area contributed by atoms with Crippen molar-refractivity contribution >= 4 is 11.9 Å². The molecule has 19 heavy (non-hydrogen) atoms. The van der Waals surface area contributed by atoms with Gasteiger partial charge in [-0.1, -0.05) is 0 Å². The minimum absolute atomic E-state index is 0.00818. The van der Waals surface area contributed by atoms with Crippen LogP contribution in [0.3, 0.4) is 0 Å². The average molecular weight is 272 g/mol. The quantitative estimate of drug-likeness (QED) is 0.551. The predicted octanol–water partition coefficient (Wildman–Crippen LogP) is 0.165. The highest BCUT2D eigenvalue weighted by Crippen LogP contribution is 2.09. The Balaban J connectivity index is 2.15. The van der Waals surface area contributed by atoms with Crippen molar-refractivity contribution < 1.29 is 19.1 Å². The number of hydrogen-bond donors (Lipinski definition) is 1. The third-order valence-corrected chi connectivity index (χ3v) is 2.97. The van der Waals surface area contributed by atoms with E-state index < -0.39 is 0 Å². The van der Waals surface area contributed by atoms with Crippen LogP contribution in [-0.4, -0.2) is 62.3 Å². The molecule has 6 heteroatoms. The first-order chi connectivity index (χ1) is 9.01. The molecule has 1 aliphatic heterocycles. The number of rotatable bonds is 6. The minimum Gasteiger partial charge on any atom is -0.469 e. The van der Waals surface area contributed by atoms with Gasteiger partial charge in [-0.2, -0.15) is 0 Å². The van der Waals surface area contributed by atoms with Gasteiger partial charge in [0.05, 0.1) is 25.9 Å². The van der Waals surface area contributed by atoms with Crippen molar-refractivity contribution in [2.75, 3.05) is 33.3 Å². The van der Waals surface area contributed by atoms with E-state index in [9.17, 15) is 9.59 Å². The van der Waals surface area contributed by atoms with Crippen LogP contribution in [0.4, 0.5) is 0 Å². The molecule has 0 saturated carbocycles. The zero-order chi connectivity index (χ0) is 14.3. The van der Waals surface area contributed by atoms with Crippen molar-refractivity contribution in [2.45, 2.75) is 38.9 Å². The lowest BCUT2D eigenvalue weighted by molar-refractivity contribution is -0.140. The molecule has 1 saturated heterocycles. The van der Waals surface area contributed by atoms with Gasteiger partial charge in [-0.25, -0.2) is 0 Å². The zero-order valence-corrected chi connectivity index (χ0v) is 12.0. The molecule has 6 nitrogen and oxygen atoms in total. The summed E-state index contributed by atoms with van der Waals surface area (Å²) in [6.45, 7) is 6.47.